The zero-order chi connectivity index (χ0) is 11.7. The van der Waals surface area contributed by atoms with Gasteiger partial charge in [-0.15, -0.1) is 11.3 Å². The lowest BCUT2D eigenvalue weighted by Gasteiger charge is -2.01. The summed E-state index contributed by atoms with van der Waals surface area (Å²) in [7, 11) is 0. The summed E-state index contributed by atoms with van der Waals surface area (Å²) in [6.07, 6.45) is 1.75. The quantitative estimate of drug-likeness (QED) is 0.663. The fourth-order valence-corrected chi connectivity index (χ4v) is 3.24. The molecule has 3 rings (SSSR count). The Kier molecular flexibility index (Phi) is 2.70. The van der Waals surface area contributed by atoms with Gasteiger partial charge in [0.25, 0.3) is 0 Å². The summed E-state index contributed by atoms with van der Waals surface area (Å²) in [5.74, 6) is 0. The average Bonchev–Trinajstić information content (AvgIpc) is 2.81. The molecule has 0 atom stereocenters. The number of hydrogen-bond acceptors (Lipinski definition) is 5. The van der Waals surface area contributed by atoms with Gasteiger partial charge in [0.2, 0.25) is 0 Å². The third kappa shape index (κ3) is 2.11. The fraction of sp³-hybridized carbons (Fsp3) is 0. The Morgan fingerprint density at radius 2 is 2.18 bits per heavy atom. The van der Waals surface area contributed by atoms with Crippen LogP contribution in [0, 0.1) is 0 Å². The van der Waals surface area contributed by atoms with Gasteiger partial charge in [-0.25, -0.2) is 9.78 Å². The minimum atomic E-state index is -0.331. The number of fused-ring (bicyclic) bond motifs is 1. The van der Waals surface area contributed by atoms with E-state index in [-0.39, 0.29) is 5.63 Å². The number of nitrogens with zero attached hydrogens (tertiary/aromatic N) is 1. The highest BCUT2D eigenvalue weighted by atomic mass is 32.2. The van der Waals surface area contributed by atoms with Gasteiger partial charge in [0.05, 0.1) is 0 Å². The van der Waals surface area contributed by atoms with Crippen LogP contribution in [0.4, 0.5) is 0 Å². The van der Waals surface area contributed by atoms with Gasteiger partial charge in [0.1, 0.15) is 5.58 Å². The molecule has 0 N–H and O–H groups in total. The summed E-state index contributed by atoms with van der Waals surface area (Å²) in [5.41, 5.74) is 0.279. The first kappa shape index (κ1) is 10.6. The summed E-state index contributed by atoms with van der Waals surface area (Å²) in [4.78, 5) is 16.5. The predicted octanol–water partition coefficient (Wildman–Crippen LogP) is 3.40. The van der Waals surface area contributed by atoms with E-state index in [2.05, 4.69) is 4.98 Å². The largest absolute Gasteiger partial charge is 0.423 e. The van der Waals surface area contributed by atoms with E-state index in [4.69, 9.17) is 4.42 Å². The smallest absolute Gasteiger partial charge is 0.337 e. The Morgan fingerprint density at radius 3 is 3.00 bits per heavy atom. The summed E-state index contributed by atoms with van der Waals surface area (Å²) >= 11 is 3.04. The Balaban J connectivity index is 2.18. The molecule has 3 aromatic rings. The van der Waals surface area contributed by atoms with Crippen LogP contribution in [0.2, 0.25) is 0 Å². The maximum absolute atomic E-state index is 11.4. The number of hydrogen-bond donors (Lipinski definition) is 0. The highest BCUT2D eigenvalue weighted by Gasteiger charge is 2.07. The Labute approximate surface area is 105 Å². The number of benzene rings is 1. The molecule has 0 spiro atoms. The molecule has 0 bridgehead atoms. The Morgan fingerprint density at radius 1 is 1.29 bits per heavy atom. The Bertz CT molecular complexity index is 704. The van der Waals surface area contributed by atoms with Crippen LogP contribution in [0.15, 0.2) is 60.4 Å². The van der Waals surface area contributed by atoms with E-state index < -0.39 is 0 Å². The van der Waals surface area contributed by atoms with Gasteiger partial charge in [0.15, 0.2) is 4.34 Å². The molecule has 0 aliphatic carbocycles. The summed E-state index contributed by atoms with van der Waals surface area (Å²) in [5, 5.41) is 2.85. The van der Waals surface area contributed by atoms with Crippen molar-refractivity contribution in [3.8, 4) is 0 Å². The van der Waals surface area contributed by atoms with Gasteiger partial charge in [-0.1, -0.05) is 30.0 Å². The second-order valence-corrected chi connectivity index (χ2v) is 5.51. The molecule has 0 radical (unpaired) electrons. The van der Waals surface area contributed by atoms with E-state index in [1.807, 2.05) is 23.6 Å². The molecule has 0 aliphatic rings. The first-order chi connectivity index (χ1) is 8.33. The molecule has 0 amide bonds. The van der Waals surface area contributed by atoms with Crippen molar-refractivity contribution in [1.29, 1.82) is 0 Å². The van der Waals surface area contributed by atoms with Crippen molar-refractivity contribution in [3.05, 3.63) is 52.3 Å². The first-order valence-electron chi connectivity index (χ1n) is 4.93. The summed E-state index contributed by atoms with van der Waals surface area (Å²) in [6.45, 7) is 0. The topological polar surface area (TPSA) is 43.1 Å². The van der Waals surface area contributed by atoms with Gasteiger partial charge < -0.3 is 4.42 Å². The van der Waals surface area contributed by atoms with Crippen molar-refractivity contribution in [1.82, 2.24) is 4.98 Å². The van der Waals surface area contributed by atoms with Crippen LogP contribution in [0.25, 0.3) is 11.0 Å². The fourth-order valence-electron chi connectivity index (χ4n) is 1.52. The lowest BCUT2D eigenvalue weighted by Crippen LogP contribution is -1.96. The average molecular weight is 261 g/mol. The molecule has 5 heteroatoms. The van der Waals surface area contributed by atoms with Gasteiger partial charge in [-0.05, 0) is 6.07 Å². The molecule has 84 valence electrons. The van der Waals surface area contributed by atoms with Crippen LogP contribution in [-0.2, 0) is 0 Å². The van der Waals surface area contributed by atoms with Gasteiger partial charge in [-0.3, -0.25) is 0 Å². The molecular weight excluding hydrogens is 254 g/mol. The first-order valence-corrected chi connectivity index (χ1v) is 6.63. The second-order valence-electron chi connectivity index (χ2n) is 3.33. The monoisotopic (exact) mass is 261 g/mol. The molecule has 2 aromatic heterocycles. The van der Waals surface area contributed by atoms with Crippen LogP contribution in [0.3, 0.4) is 0 Å². The van der Waals surface area contributed by atoms with E-state index in [0.29, 0.717) is 5.58 Å². The normalized spacial score (nSPS) is 10.8. The minimum absolute atomic E-state index is 0.331. The maximum atomic E-state index is 11.4. The van der Waals surface area contributed by atoms with Crippen LogP contribution in [-0.4, -0.2) is 4.98 Å². The third-order valence-electron chi connectivity index (χ3n) is 2.22. The standard InChI is InChI=1S/C12H7NO2S2/c14-11-7-10(17-12-13-5-6-16-12)8-3-1-2-4-9(8)15-11/h1-7H. The molecule has 0 aliphatic heterocycles. The SMILES string of the molecule is O=c1cc(Sc2nccs2)c2ccccc2o1. The Hall–Kier alpha value is -1.59. The maximum Gasteiger partial charge on any atom is 0.337 e. The zero-order valence-corrected chi connectivity index (χ0v) is 10.3. The van der Waals surface area contributed by atoms with E-state index in [9.17, 15) is 4.79 Å². The number of thiazole rings is 1. The molecule has 0 fully saturated rings. The van der Waals surface area contributed by atoms with Gasteiger partial charge >= 0.3 is 5.63 Å². The van der Waals surface area contributed by atoms with E-state index in [1.165, 1.54) is 17.8 Å². The van der Waals surface area contributed by atoms with Gasteiger partial charge in [-0.2, -0.15) is 0 Å². The molecule has 2 heterocycles. The van der Waals surface area contributed by atoms with Crippen LogP contribution in [0.1, 0.15) is 0 Å². The molecule has 3 nitrogen and oxygen atoms in total. The number of para-hydroxylation sites is 1. The highest BCUT2D eigenvalue weighted by Crippen LogP contribution is 2.33. The van der Waals surface area contributed by atoms with Crippen molar-refractivity contribution in [2.24, 2.45) is 0 Å². The second kappa shape index (κ2) is 4.35. The number of aromatic nitrogens is 1. The predicted molar refractivity (Wildman–Crippen MR) is 68.7 cm³/mol. The zero-order valence-electron chi connectivity index (χ0n) is 8.62. The summed E-state index contributed by atoms with van der Waals surface area (Å²) in [6, 6.07) is 9.02. The van der Waals surface area contributed by atoms with E-state index >= 15 is 0 Å². The molecule has 0 saturated carbocycles. The van der Waals surface area contributed by atoms with Crippen LogP contribution >= 0.6 is 23.1 Å². The van der Waals surface area contributed by atoms with Crippen LogP contribution in [0.5, 0.6) is 0 Å². The molecule has 1 aromatic carbocycles. The van der Waals surface area contributed by atoms with Crippen LogP contribution < -0.4 is 5.63 Å². The lowest BCUT2D eigenvalue weighted by molar-refractivity contribution is 0.557. The van der Waals surface area contributed by atoms with E-state index in [0.717, 1.165) is 14.6 Å². The minimum Gasteiger partial charge on any atom is -0.423 e. The number of rotatable bonds is 2. The highest BCUT2D eigenvalue weighted by molar-refractivity contribution is 8.01. The van der Waals surface area contributed by atoms with Crippen molar-refractivity contribution in [2.75, 3.05) is 0 Å². The van der Waals surface area contributed by atoms with Crippen molar-refractivity contribution < 1.29 is 4.42 Å². The molecule has 17 heavy (non-hydrogen) atoms. The summed E-state index contributed by atoms with van der Waals surface area (Å²) < 4.78 is 6.05. The van der Waals surface area contributed by atoms with E-state index in [1.54, 1.807) is 23.6 Å². The lowest BCUT2D eigenvalue weighted by atomic mass is 10.2. The third-order valence-corrected chi connectivity index (χ3v) is 4.16. The van der Waals surface area contributed by atoms with Gasteiger partial charge in [0, 0.05) is 27.9 Å². The molecule has 0 unspecified atom stereocenters. The molecule has 0 saturated heterocycles. The molecular formula is C12H7NO2S2. The van der Waals surface area contributed by atoms with Crippen molar-refractivity contribution in [2.45, 2.75) is 9.24 Å². The van der Waals surface area contributed by atoms with Crippen molar-refractivity contribution >= 4 is 34.1 Å². The van der Waals surface area contributed by atoms with Crippen molar-refractivity contribution in [3.63, 3.8) is 0 Å².